The van der Waals surface area contributed by atoms with Crippen LogP contribution in [0.25, 0.3) is 0 Å². The Bertz CT molecular complexity index is 3210. The van der Waals surface area contributed by atoms with Crippen LogP contribution in [0.3, 0.4) is 0 Å². The molecule has 0 radical (unpaired) electrons. The minimum absolute atomic E-state index is 0.00208. The van der Waals surface area contributed by atoms with Gasteiger partial charge in [0.1, 0.15) is 72.1 Å². The lowest BCUT2D eigenvalue weighted by Gasteiger charge is -2.47. The monoisotopic (exact) mass is 1560 g/mol. The molecule has 616 valence electrons. The van der Waals surface area contributed by atoms with Crippen molar-refractivity contribution >= 4 is 70.9 Å². The van der Waals surface area contributed by atoms with Crippen molar-refractivity contribution in [1.29, 1.82) is 0 Å². The number of hydrogen-bond donors (Lipinski definition) is 3. The molecule has 2 unspecified atom stereocenters. The van der Waals surface area contributed by atoms with Crippen LogP contribution in [0.15, 0.2) is 0 Å². The van der Waals surface area contributed by atoms with Crippen molar-refractivity contribution in [3.63, 3.8) is 0 Å². The van der Waals surface area contributed by atoms with Gasteiger partial charge in [0, 0.05) is 89.1 Å². The van der Waals surface area contributed by atoms with Crippen LogP contribution in [0, 0.1) is 35.5 Å². The summed E-state index contributed by atoms with van der Waals surface area (Å²) in [5.41, 5.74) is -1.71. The van der Waals surface area contributed by atoms with Crippen molar-refractivity contribution in [2.75, 3.05) is 116 Å². The van der Waals surface area contributed by atoms with Gasteiger partial charge < -0.3 is 74.3 Å². The van der Waals surface area contributed by atoms with Gasteiger partial charge in [-0.25, -0.2) is 8.78 Å². The number of amides is 12. The lowest BCUT2D eigenvalue weighted by molar-refractivity contribution is -0.219. The number of carbonyl (C=O) groups is 12. The summed E-state index contributed by atoms with van der Waals surface area (Å²) < 4.78 is 132. The summed E-state index contributed by atoms with van der Waals surface area (Å²) in [5, 5.41) is 8.31. The van der Waals surface area contributed by atoms with Gasteiger partial charge in [-0.05, 0) is 126 Å². The van der Waals surface area contributed by atoms with Crippen molar-refractivity contribution in [2.45, 2.75) is 246 Å². The maximum atomic E-state index is 15.7. The molecule has 8 aliphatic rings. The van der Waals surface area contributed by atoms with E-state index in [1.54, 1.807) is 13.8 Å². The molecule has 27 nitrogen and oxygen atoms in total. The molecule has 0 aromatic carbocycles. The van der Waals surface area contributed by atoms with Gasteiger partial charge in [0.15, 0.2) is 0 Å². The normalized spacial score (nSPS) is 32.5. The first-order chi connectivity index (χ1) is 51.4. The summed E-state index contributed by atoms with van der Waals surface area (Å²) in [4.78, 5) is 192. The van der Waals surface area contributed by atoms with Crippen molar-refractivity contribution in [1.82, 2.24) is 60.0 Å². The van der Waals surface area contributed by atoms with E-state index in [0.29, 0.717) is 57.8 Å². The maximum absolute atomic E-state index is 15.7. The van der Waals surface area contributed by atoms with Crippen molar-refractivity contribution in [3.05, 3.63) is 0 Å². The molecule has 12 atom stereocenters. The van der Waals surface area contributed by atoms with Crippen molar-refractivity contribution < 1.29 is 107 Å². The first-order valence-corrected chi connectivity index (χ1v) is 38.8. The van der Waals surface area contributed by atoms with Gasteiger partial charge in [-0.1, -0.05) is 46.0 Å². The number of carbonyl (C=O) groups excluding carboxylic acids is 12. The van der Waals surface area contributed by atoms with Gasteiger partial charge >= 0.3 is 12.4 Å². The zero-order valence-corrected chi connectivity index (χ0v) is 64.6. The van der Waals surface area contributed by atoms with Crippen molar-refractivity contribution in [3.8, 4) is 0 Å². The highest BCUT2D eigenvalue weighted by atomic mass is 19.4. The number of methoxy groups -OCH3 is 2. The van der Waals surface area contributed by atoms with Gasteiger partial charge in [0.25, 0.3) is 0 Å². The number of fused-ring (bicyclic) bond motifs is 3. The van der Waals surface area contributed by atoms with E-state index in [-0.39, 0.29) is 104 Å². The van der Waals surface area contributed by atoms with Gasteiger partial charge in [0.2, 0.25) is 70.9 Å². The molecule has 4 aliphatic carbocycles. The smallest absolute Gasteiger partial charge is 0.382 e. The number of rotatable bonds is 12. The maximum Gasteiger partial charge on any atom is 0.397 e. The summed E-state index contributed by atoms with van der Waals surface area (Å²) >= 11 is 0. The summed E-state index contributed by atoms with van der Waals surface area (Å²) in [7, 11) is 10.5. The average molecular weight is 1560 g/mol. The topological polar surface area (TPSA) is 298 Å². The number of likely N-dealkylation sites (N-methyl/N-ethyl adjacent to an activating group) is 6. The highest BCUT2D eigenvalue weighted by molar-refractivity contribution is 6.01. The molecule has 8 fully saturated rings. The molecule has 4 aliphatic heterocycles. The molecule has 8 rings (SSSR count). The molecule has 4 saturated carbocycles. The predicted molar refractivity (Wildman–Crippen MR) is 378 cm³/mol. The molecule has 35 heteroatoms. The largest absolute Gasteiger partial charge is 0.397 e. The average Bonchev–Trinajstić information content (AvgIpc) is 1.70. The Hall–Kier alpha value is -7.04. The summed E-state index contributed by atoms with van der Waals surface area (Å²) in [6.07, 6.45) is -15.6. The molecular weight excluding hydrogens is 1450 g/mol. The minimum Gasteiger partial charge on any atom is -0.382 e. The lowest BCUT2D eigenvalue weighted by atomic mass is 9.74. The van der Waals surface area contributed by atoms with Crippen LogP contribution in [-0.2, 0) is 71.7 Å². The number of halogens is 8. The molecule has 12 amide bonds. The zero-order valence-electron chi connectivity index (χ0n) is 64.6. The number of hydrogen-bond acceptors (Lipinski definition) is 15. The number of nitrogens with one attached hydrogen (secondary N) is 3. The van der Waals surface area contributed by atoms with Gasteiger partial charge in [-0.3, -0.25) is 57.5 Å². The van der Waals surface area contributed by atoms with Gasteiger partial charge in [-0.15, -0.1) is 0 Å². The fourth-order valence-electron chi connectivity index (χ4n) is 17.4. The van der Waals surface area contributed by atoms with Crippen LogP contribution in [0.4, 0.5) is 35.1 Å². The molecule has 3 N–H and O–H groups in total. The Labute approximate surface area is 632 Å². The van der Waals surface area contributed by atoms with Crippen molar-refractivity contribution in [2.24, 2.45) is 35.5 Å². The number of morpholine rings is 1. The zero-order chi connectivity index (χ0) is 80.3. The van der Waals surface area contributed by atoms with Crippen LogP contribution in [0.5, 0.6) is 0 Å². The second-order valence-electron chi connectivity index (χ2n) is 31.8. The third kappa shape index (κ3) is 21.0. The third-order valence-electron chi connectivity index (χ3n) is 24.7. The first-order valence-electron chi connectivity index (χ1n) is 38.8. The van der Waals surface area contributed by atoms with E-state index in [4.69, 9.17) is 14.2 Å². The van der Waals surface area contributed by atoms with E-state index in [9.17, 15) is 55.1 Å². The second-order valence-corrected chi connectivity index (χ2v) is 31.8. The lowest BCUT2D eigenvalue weighted by Crippen LogP contribution is -2.68. The molecule has 0 aromatic rings. The number of ether oxygens (including phenoxy) is 3. The van der Waals surface area contributed by atoms with E-state index in [1.165, 1.54) is 71.2 Å². The standard InChI is InChI=1S/C74H114F8N12O15/c1-11-43(2)61-69(104)87(4)41-59(97)88(5)52-20-13-12-16-29-93(68(52)103)55(36-44-21-24-47(25-22-44)73(77,78)79)66(101)86(3)40-57(95)83-51(26-23-45-34-49(75)60(50(76)35-45)74(80,81)82)65(100)94-39-48(108-10)37-53(94)64(99)85-72(27-17-28-72)71(106)91(8)62(46-18-14-15-19-46)70(105)90(7)54(67(102)92-30-32-109-33-31-92)38-58(96)89(6)56(42-107-9)63(98)84-61/h43-56,60-62H,11-42H2,1-10H3,(H,83,95)(H,84,98)(H,85,99)/t43-,44?,45?,47?,48-,49?,50?,51-,52-,53-,54-,55-,56-,60?,61-,62-/m0/s1. The fraction of sp³-hybridized carbons (Fsp3) is 0.838. The highest BCUT2D eigenvalue weighted by Gasteiger charge is 2.56. The first kappa shape index (κ1) is 87.5. The van der Waals surface area contributed by atoms with Crippen LogP contribution in [0.1, 0.15) is 162 Å². The molecule has 109 heavy (non-hydrogen) atoms. The third-order valence-corrected chi connectivity index (χ3v) is 24.7. The molecule has 0 aromatic heterocycles. The van der Waals surface area contributed by atoms with Crippen LogP contribution in [-0.4, -0.2) is 315 Å². The molecule has 4 heterocycles. The Morgan fingerprint density at radius 2 is 1.23 bits per heavy atom. The Morgan fingerprint density at radius 3 is 1.81 bits per heavy atom. The predicted octanol–water partition coefficient (Wildman–Crippen LogP) is 4.56. The fourth-order valence-corrected chi connectivity index (χ4v) is 17.4. The van der Waals surface area contributed by atoms with Crippen LogP contribution >= 0.6 is 0 Å². The Balaban J connectivity index is 1.20. The number of nitrogens with zero attached hydrogens (tertiary/aromatic N) is 9. The molecule has 4 saturated heterocycles. The van der Waals surface area contributed by atoms with Crippen LogP contribution in [0.2, 0.25) is 0 Å². The van der Waals surface area contributed by atoms with Gasteiger partial charge in [-0.2, -0.15) is 26.3 Å². The summed E-state index contributed by atoms with van der Waals surface area (Å²) in [6, 6.07) is -11.6. The molecule has 2 bridgehead atoms. The summed E-state index contributed by atoms with van der Waals surface area (Å²) in [5.74, 6) is -17.0. The van der Waals surface area contributed by atoms with E-state index < -0.39 is 236 Å². The minimum atomic E-state index is -5.22. The summed E-state index contributed by atoms with van der Waals surface area (Å²) in [6.45, 7) is 1.53. The van der Waals surface area contributed by atoms with Gasteiger partial charge in [0.05, 0.1) is 51.4 Å². The molecule has 1 spiro atoms. The Kier molecular flexibility index (Phi) is 30.5. The van der Waals surface area contributed by atoms with E-state index in [1.807, 2.05) is 0 Å². The highest BCUT2D eigenvalue weighted by Crippen LogP contribution is 2.46. The SMILES string of the molecule is CC[C@H](C)[C@@H]1NC(=O)[C@H](COC)N(C)C(=O)C[C@@H](C(=O)N2CCOCC2)N(C)C(=O)[C@H](C2CCCC2)N(C)C(=O)C2(CCC2)NC(=O)[C@@H]2C[C@H](OC)CN2C(=O)[C@H](CCC2CC(F)C(C(F)(F)F)C(F)C2)NC(=O)CN(C)C(=O)[C@H](CC2CCC(C(F)(F)F)CC2)N2CCCCC[C@@H](C2=O)N(C)C(=O)CN(C)C1=O. The molecular formula is C74H114F8N12O15. The Morgan fingerprint density at radius 1 is 0.606 bits per heavy atom. The van der Waals surface area contributed by atoms with Crippen LogP contribution < -0.4 is 16.0 Å². The van der Waals surface area contributed by atoms with E-state index in [0.717, 1.165) is 29.4 Å². The quantitative estimate of drug-likeness (QED) is 0.226. The van der Waals surface area contributed by atoms with E-state index in [2.05, 4.69) is 16.0 Å². The second kappa shape index (κ2) is 38.0. The number of alkyl halides is 8. The van der Waals surface area contributed by atoms with E-state index >= 15 is 37.5 Å².